The molecule has 2 amide bonds. The molecule has 1 fully saturated rings. The lowest BCUT2D eigenvalue weighted by molar-refractivity contribution is -0.126. The molecule has 30 heavy (non-hydrogen) atoms. The Balaban J connectivity index is 1.64. The summed E-state index contributed by atoms with van der Waals surface area (Å²) in [6, 6.07) is 7.89. The van der Waals surface area contributed by atoms with Crippen molar-refractivity contribution in [1.29, 1.82) is 0 Å². The third-order valence-corrected chi connectivity index (χ3v) is 6.25. The molecule has 5 nitrogen and oxygen atoms in total. The first-order valence-electron chi connectivity index (χ1n) is 10.4. The number of piperidine rings is 1. The van der Waals surface area contributed by atoms with E-state index in [1.165, 1.54) is 11.3 Å². The molecule has 1 aromatic heterocycles. The molecule has 1 aliphatic heterocycles. The van der Waals surface area contributed by atoms with Gasteiger partial charge in [-0.2, -0.15) is 0 Å². The molecule has 0 spiro atoms. The summed E-state index contributed by atoms with van der Waals surface area (Å²) in [6.07, 6.45) is 2.38. The maximum Gasteiger partial charge on any atom is 0.298 e. The number of anilines is 1. The van der Waals surface area contributed by atoms with Gasteiger partial charge in [0.1, 0.15) is 5.69 Å². The van der Waals surface area contributed by atoms with E-state index in [0.29, 0.717) is 25.2 Å². The van der Waals surface area contributed by atoms with Crippen LogP contribution in [0.5, 0.6) is 0 Å². The molecular formula is C24H29N3O2S. The van der Waals surface area contributed by atoms with Crippen LogP contribution in [0.15, 0.2) is 29.6 Å². The average molecular weight is 424 g/mol. The van der Waals surface area contributed by atoms with Gasteiger partial charge >= 0.3 is 0 Å². The Hall–Kier alpha value is -2.65. The molecule has 3 rings (SSSR count). The zero-order valence-electron chi connectivity index (χ0n) is 18.1. The molecule has 1 N–H and O–H groups in total. The summed E-state index contributed by atoms with van der Waals surface area (Å²) in [6.45, 7) is 9.69. The summed E-state index contributed by atoms with van der Waals surface area (Å²) in [7, 11) is 0. The summed E-state index contributed by atoms with van der Waals surface area (Å²) in [4.78, 5) is 31.3. The van der Waals surface area contributed by atoms with E-state index in [0.717, 1.165) is 29.1 Å². The Morgan fingerprint density at radius 2 is 1.93 bits per heavy atom. The quantitative estimate of drug-likeness (QED) is 0.721. The van der Waals surface area contributed by atoms with Crippen molar-refractivity contribution in [2.75, 3.05) is 18.4 Å². The van der Waals surface area contributed by atoms with Crippen LogP contribution < -0.4 is 5.32 Å². The van der Waals surface area contributed by atoms with Crippen molar-refractivity contribution in [1.82, 2.24) is 9.88 Å². The van der Waals surface area contributed by atoms with Crippen LogP contribution in [0.2, 0.25) is 0 Å². The lowest BCUT2D eigenvalue weighted by Crippen LogP contribution is -2.37. The van der Waals surface area contributed by atoms with E-state index in [4.69, 9.17) is 0 Å². The Bertz CT molecular complexity index is 970. The van der Waals surface area contributed by atoms with Gasteiger partial charge in [0.15, 0.2) is 0 Å². The number of amides is 2. The lowest BCUT2D eigenvalue weighted by atomic mass is 9.86. The van der Waals surface area contributed by atoms with Gasteiger partial charge in [0, 0.05) is 36.5 Å². The highest BCUT2D eigenvalue weighted by atomic mass is 32.1. The second kappa shape index (κ2) is 9.44. The Kier molecular flexibility index (Phi) is 6.94. The van der Waals surface area contributed by atoms with Crippen LogP contribution >= 0.6 is 11.3 Å². The minimum Gasteiger partial charge on any atom is -0.332 e. The Labute approximate surface area is 182 Å². The lowest BCUT2D eigenvalue weighted by Gasteiger charge is -2.29. The first-order valence-corrected chi connectivity index (χ1v) is 11.3. The number of nitrogens with zero attached hydrogens (tertiary/aromatic N) is 2. The highest BCUT2D eigenvalue weighted by Crippen LogP contribution is 2.32. The van der Waals surface area contributed by atoms with Gasteiger partial charge in [-0.15, -0.1) is 11.3 Å². The summed E-state index contributed by atoms with van der Waals surface area (Å²) >= 11 is 1.52. The van der Waals surface area contributed by atoms with Gasteiger partial charge < -0.3 is 10.2 Å². The smallest absolute Gasteiger partial charge is 0.298 e. The molecule has 6 heteroatoms. The first kappa shape index (κ1) is 22.0. The van der Waals surface area contributed by atoms with Crippen molar-refractivity contribution in [3.8, 4) is 11.8 Å². The number of thiazole rings is 1. The fraction of sp³-hybridized carbons (Fsp3) is 0.458. The topological polar surface area (TPSA) is 62.3 Å². The molecule has 1 aliphatic rings. The molecule has 0 radical (unpaired) electrons. The molecule has 0 saturated carbocycles. The molecule has 2 heterocycles. The summed E-state index contributed by atoms with van der Waals surface area (Å²) in [5.41, 5.74) is 2.30. The van der Waals surface area contributed by atoms with Crippen LogP contribution in [0.25, 0.3) is 0 Å². The minimum absolute atomic E-state index is 0.0655. The number of likely N-dealkylation sites (tertiary alicyclic amines) is 1. The minimum atomic E-state index is -0.184. The van der Waals surface area contributed by atoms with Gasteiger partial charge in [-0.25, -0.2) is 4.98 Å². The van der Waals surface area contributed by atoms with Gasteiger partial charge in [-0.1, -0.05) is 51.8 Å². The number of para-hydroxylation sites is 1. The van der Waals surface area contributed by atoms with E-state index < -0.39 is 0 Å². The van der Waals surface area contributed by atoms with Crippen molar-refractivity contribution in [2.24, 2.45) is 0 Å². The summed E-state index contributed by atoms with van der Waals surface area (Å²) in [5.74, 6) is 5.53. The molecule has 0 bridgehead atoms. The molecule has 0 unspecified atom stereocenters. The number of aromatic nitrogens is 1. The van der Waals surface area contributed by atoms with Crippen LogP contribution in [0.4, 0.5) is 5.69 Å². The highest BCUT2D eigenvalue weighted by molar-refractivity contribution is 7.10. The van der Waals surface area contributed by atoms with E-state index in [1.807, 2.05) is 41.5 Å². The van der Waals surface area contributed by atoms with E-state index in [9.17, 15) is 9.59 Å². The van der Waals surface area contributed by atoms with Crippen molar-refractivity contribution in [3.63, 3.8) is 0 Å². The van der Waals surface area contributed by atoms with Crippen LogP contribution in [-0.4, -0.2) is 34.8 Å². The number of nitrogens with one attached hydrogen (secondary N) is 1. The zero-order valence-corrected chi connectivity index (χ0v) is 18.9. The number of hydrogen-bond donors (Lipinski definition) is 1. The second-order valence-electron chi connectivity index (χ2n) is 8.54. The molecule has 2 aromatic rings. The zero-order chi connectivity index (χ0) is 21.7. The number of hydrogen-bond acceptors (Lipinski definition) is 4. The Morgan fingerprint density at radius 3 is 2.60 bits per heavy atom. The standard InChI is InChI=1S/C24H29N3O2S/c1-5-6-11-21(28)27-14-12-17(13-15-27)23-26-20(16-30-23)22(29)25-19-10-8-7-9-18(19)24(2,3)4/h7-10,16-17H,5,12-15H2,1-4H3,(H,25,29). The van der Waals surface area contributed by atoms with E-state index in [1.54, 1.807) is 0 Å². The summed E-state index contributed by atoms with van der Waals surface area (Å²) < 4.78 is 0. The van der Waals surface area contributed by atoms with Crippen molar-refractivity contribution in [2.45, 2.75) is 58.3 Å². The first-order chi connectivity index (χ1) is 14.3. The van der Waals surface area contributed by atoms with E-state index >= 15 is 0 Å². The van der Waals surface area contributed by atoms with Gasteiger partial charge in [0.2, 0.25) is 0 Å². The number of carbonyl (C=O) groups is 2. The maximum atomic E-state index is 12.8. The predicted octanol–water partition coefficient (Wildman–Crippen LogP) is 4.81. The fourth-order valence-electron chi connectivity index (χ4n) is 3.58. The molecule has 0 atom stereocenters. The van der Waals surface area contributed by atoms with Crippen molar-refractivity contribution >= 4 is 28.8 Å². The largest absolute Gasteiger partial charge is 0.332 e. The number of benzene rings is 1. The van der Waals surface area contributed by atoms with Gasteiger partial charge in [0.05, 0.1) is 5.01 Å². The normalized spacial score (nSPS) is 14.7. The van der Waals surface area contributed by atoms with E-state index in [-0.39, 0.29) is 23.1 Å². The molecule has 158 valence electrons. The number of carbonyl (C=O) groups excluding carboxylic acids is 2. The highest BCUT2D eigenvalue weighted by Gasteiger charge is 2.26. The molecule has 1 saturated heterocycles. The molecule has 1 aromatic carbocycles. The molecular weight excluding hydrogens is 394 g/mol. The van der Waals surface area contributed by atoms with Gasteiger partial charge in [-0.3, -0.25) is 9.59 Å². The SMILES string of the molecule is CCC#CC(=O)N1CCC(c2nc(C(=O)Nc3ccccc3C(C)(C)C)cs2)CC1. The fourth-order valence-corrected chi connectivity index (χ4v) is 4.56. The number of rotatable bonds is 3. The maximum absolute atomic E-state index is 12.8. The van der Waals surface area contributed by atoms with Crippen LogP contribution in [0.1, 0.15) is 73.9 Å². The molecule has 0 aliphatic carbocycles. The predicted molar refractivity (Wildman–Crippen MR) is 122 cm³/mol. The Morgan fingerprint density at radius 1 is 1.23 bits per heavy atom. The average Bonchev–Trinajstić information content (AvgIpc) is 3.22. The monoisotopic (exact) mass is 423 g/mol. The third-order valence-electron chi connectivity index (χ3n) is 5.24. The van der Waals surface area contributed by atoms with E-state index in [2.05, 4.69) is 42.9 Å². The third kappa shape index (κ3) is 5.28. The summed E-state index contributed by atoms with van der Waals surface area (Å²) in [5, 5.41) is 5.82. The van der Waals surface area contributed by atoms with Crippen molar-refractivity contribution in [3.05, 3.63) is 45.9 Å². The van der Waals surface area contributed by atoms with Crippen LogP contribution in [0, 0.1) is 11.8 Å². The second-order valence-corrected chi connectivity index (χ2v) is 9.43. The van der Waals surface area contributed by atoms with Gasteiger partial charge in [0.25, 0.3) is 11.8 Å². The van der Waals surface area contributed by atoms with Crippen molar-refractivity contribution < 1.29 is 9.59 Å². The van der Waals surface area contributed by atoms with Gasteiger partial charge in [-0.05, 0) is 35.8 Å². The van der Waals surface area contributed by atoms with Crippen LogP contribution in [-0.2, 0) is 10.2 Å². The van der Waals surface area contributed by atoms with Crippen LogP contribution in [0.3, 0.4) is 0 Å².